The van der Waals surface area contributed by atoms with Gasteiger partial charge in [-0.3, -0.25) is 5.32 Å². The summed E-state index contributed by atoms with van der Waals surface area (Å²) < 4.78 is 0. The maximum atomic E-state index is 11.3. The smallest absolute Gasteiger partial charge is 0.321 e. The van der Waals surface area contributed by atoms with Crippen molar-refractivity contribution in [2.75, 3.05) is 11.9 Å². The fourth-order valence-corrected chi connectivity index (χ4v) is 1.63. The molecule has 0 aliphatic heterocycles. The van der Waals surface area contributed by atoms with Gasteiger partial charge in [-0.1, -0.05) is 12.8 Å². The third kappa shape index (κ3) is 4.00. The van der Waals surface area contributed by atoms with E-state index in [1.165, 1.54) is 11.3 Å². The molecule has 2 amide bonds. The first-order chi connectivity index (χ1) is 7.26. The van der Waals surface area contributed by atoms with Crippen LogP contribution in [0.2, 0.25) is 0 Å². The number of nitrogens with zero attached hydrogens (tertiary/aromatic N) is 1. The Balaban J connectivity index is 2.39. The molecule has 0 bridgehead atoms. The molecule has 4 nitrogen and oxygen atoms in total. The molecule has 0 radical (unpaired) electrons. The highest BCUT2D eigenvalue weighted by Gasteiger charge is 2.03. The quantitative estimate of drug-likeness (QED) is 0.768. The summed E-state index contributed by atoms with van der Waals surface area (Å²) in [5.74, 6) is 5.44. The third-order valence-corrected chi connectivity index (χ3v) is 2.69. The highest BCUT2D eigenvalue weighted by molar-refractivity contribution is 7.15. The van der Waals surface area contributed by atoms with E-state index in [4.69, 9.17) is 0 Å². The zero-order valence-electron chi connectivity index (χ0n) is 8.76. The second-order valence-electron chi connectivity index (χ2n) is 2.72. The maximum Gasteiger partial charge on any atom is 0.321 e. The van der Waals surface area contributed by atoms with E-state index in [1.54, 1.807) is 13.1 Å². The van der Waals surface area contributed by atoms with Crippen molar-refractivity contribution in [2.24, 2.45) is 0 Å². The summed E-state index contributed by atoms with van der Waals surface area (Å²) in [5.41, 5.74) is 0. The van der Waals surface area contributed by atoms with Gasteiger partial charge >= 0.3 is 6.03 Å². The number of hydrogen-bond acceptors (Lipinski definition) is 3. The Kier molecular flexibility index (Phi) is 4.64. The Bertz CT molecular complexity index is 389. The van der Waals surface area contributed by atoms with Crippen LogP contribution in [0.5, 0.6) is 0 Å². The molecule has 0 spiro atoms. The van der Waals surface area contributed by atoms with E-state index < -0.39 is 0 Å². The number of carbonyl (C=O) groups is 1. The Morgan fingerprint density at radius 2 is 2.47 bits per heavy atom. The van der Waals surface area contributed by atoms with Crippen molar-refractivity contribution in [3.8, 4) is 11.8 Å². The van der Waals surface area contributed by atoms with Gasteiger partial charge in [0.05, 0.1) is 6.54 Å². The highest BCUT2D eigenvalue weighted by Crippen LogP contribution is 2.17. The number of amides is 2. The minimum Gasteiger partial charge on any atom is -0.327 e. The Hall–Kier alpha value is -1.54. The number of aryl methyl sites for hydroxylation is 1. The van der Waals surface area contributed by atoms with Crippen LogP contribution in [-0.4, -0.2) is 17.6 Å². The monoisotopic (exact) mass is 223 g/mol. The summed E-state index contributed by atoms with van der Waals surface area (Å²) in [5, 5.41) is 5.87. The SMILES string of the molecule is CC#CCNC(=O)Nc1ncc(CC)s1. The van der Waals surface area contributed by atoms with Gasteiger partial charge in [-0.15, -0.1) is 17.3 Å². The van der Waals surface area contributed by atoms with Crippen LogP contribution in [0.25, 0.3) is 0 Å². The van der Waals surface area contributed by atoms with E-state index in [0.717, 1.165) is 11.3 Å². The molecule has 0 atom stereocenters. The largest absolute Gasteiger partial charge is 0.327 e. The molecule has 0 aliphatic rings. The molecule has 1 heterocycles. The normalized spacial score (nSPS) is 8.93. The average molecular weight is 223 g/mol. The first-order valence-electron chi connectivity index (χ1n) is 4.65. The maximum absolute atomic E-state index is 11.3. The number of nitrogens with one attached hydrogen (secondary N) is 2. The Morgan fingerprint density at radius 3 is 3.07 bits per heavy atom. The van der Waals surface area contributed by atoms with Gasteiger partial charge in [-0.2, -0.15) is 0 Å². The molecule has 1 rings (SSSR count). The van der Waals surface area contributed by atoms with Gasteiger partial charge in [0.25, 0.3) is 0 Å². The first-order valence-corrected chi connectivity index (χ1v) is 5.47. The molecule has 0 aromatic carbocycles. The molecule has 0 aliphatic carbocycles. The van der Waals surface area contributed by atoms with E-state index in [9.17, 15) is 4.79 Å². The predicted octanol–water partition coefficient (Wildman–Crippen LogP) is 1.85. The van der Waals surface area contributed by atoms with E-state index >= 15 is 0 Å². The van der Waals surface area contributed by atoms with Crippen molar-refractivity contribution in [1.29, 1.82) is 0 Å². The van der Waals surface area contributed by atoms with Crippen LogP contribution in [0, 0.1) is 11.8 Å². The lowest BCUT2D eigenvalue weighted by Crippen LogP contribution is -2.28. The summed E-state index contributed by atoms with van der Waals surface area (Å²) >= 11 is 1.48. The Labute approximate surface area is 93.1 Å². The molecule has 0 saturated carbocycles. The van der Waals surface area contributed by atoms with Gasteiger partial charge in [0, 0.05) is 11.1 Å². The van der Waals surface area contributed by atoms with Crippen molar-refractivity contribution >= 4 is 22.5 Å². The molecule has 15 heavy (non-hydrogen) atoms. The first kappa shape index (κ1) is 11.5. The van der Waals surface area contributed by atoms with Crippen LogP contribution < -0.4 is 10.6 Å². The molecular weight excluding hydrogens is 210 g/mol. The molecule has 1 aromatic heterocycles. The number of thiazole rings is 1. The third-order valence-electron chi connectivity index (χ3n) is 1.64. The van der Waals surface area contributed by atoms with Crippen molar-refractivity contribution in [3.05, 3.63) is 11.1 Å². The van der Waals surface area contributed by atoms with E-state index in [2.05, 4.69) is 27.5 Å². The van der Waals surface area contributed by atoms with E-state index in [-0.39, 0.29) is 6.03 Å². The van der Waals surface area contributed by atoms with Crippen molar-refractivity contribution < 1.29 is 4.79 Å². The number of anilines is 1. The molecule has 0 saturated heterocycles. The summed E-state index contributed by atoms with van der Waals surface area (Å²) in [7, 11) is 0. The number of carbonyl (C=O) groups excluding carboxylic acids is 1. The van der Waals surface area contributed by atoms with Crippen molar-refractivity contribution in [3.63, 3.8) is 0 Å². The Morgan fingerprint density at radius 1 is 1.67 bits per heavy atom. The molecule has 1 aromatic rings. The van der Waals surface area contributed by atoms with Gasteiger partial charge in [-0.25, -0.2) is 9.78 Å². The lowest BCUT2D eigenvalue weighted by molar-refractivity contribution is 0.253. The van der Waals surface area contributed by atoms with Crippen LogP contribution in [0.15, 0.2) is 6.20 Å². The lowest BCUT2D eigenvalue weighted by Gasteiger charge is -2.00. The number of hydrogen-bond donors (Lipinski definition) is 2. The van der Waals surface area contributed by atoms with Crippen LogP contribution in [0.3, 0.4) is 0 Å². The molecule has 5 heteroatoms. The van der Waals surface area contributed by atoms with E-state index in [0.29, 0.717) is 11.7 Å². The molecule has 0 unspecified atom stereocenters. The summed E-state index contributed by atoms with van der Waals surface area (Å²) in [4.78, 5) is 16.5. The van der Waals surface area contributed by atoms with Crippen molar-refractivity contribution in [2.45, 2.75) is 20.3 Å². The fourth-order valence-electron chi connectivity index (χ4n) is 0.883. The molecular formula is C10H13N3OS. The van der Waals surface area contributed by atoms with E-state index in [1.807, 2.05) is 6.92 Å². The number of aromatic nitrogens is 1. The lowest BCUT2D eigenvalue weighted by atomic mass is 10.4. The van der Waals surface area contributed by atoms with Crippen LogP contribution in [0.4, 0.5) is 9.93 Å². The van der Waals surface area contributed by atoms with Gasteiger partial charge in [0.1, 0.15) is 0 Å². The summed E-state index contributed by atoms with van der Waals surface area (Å²) in [6.07, 6.45) is 2.70. The topological polar surface area (TPSA) is 54.0 Å². The van der Waals surface area contributed by atoms with Gasteiger partial charge < -0.3 is 5.32 Å². The number of rotatable bonds is 3. The zero-order chi connectivity index (χ0) is 11.1. The van der Waals surface area contributed by atoms with Gasteiger partial charge in [0.15, 0.2) is 5.13 Å². The second-order valence-corrected chi connectivity index (χ2v) is 3.83. The zero-order valence-corrected chi connectivity index (χ0v) is 9.57. The van der Waals surface area contributed by atoms with Crippen LogP contribution >= 0.6 is 11.3 Å². The van der Waals surface area contributed by atoms with Gasteiger partial charge in [-0.05, 0) is 13.3 Å². The molecule has 2 N–H and O–H groups in total. The highest BCUT2D eigenvalue weighted by atomic mass is 32.1. The van der Waals surface area contributed by atoms with Gasteiger partial charge in [0.2, 0.25) is 0 Å². The standard InChI is InChI=1S/C10H13N3OS/c1-3-5-6-11-9(14)13-10-12-7-8(4-2)15-10/h7H,4,6H2,1-2H3,(H2,11,12,13,14). The summed E-state index contributed by atoms with van der Waals surface area (Å²) in [6.45, 7) is 4.14. The van der Waals surface area contributed by atoms with Crippen LogP contribution in [-0.2, 0) is 6.42 Å². The van der Waals surface area contributed by atoms with Crippen LogP contribution in [0.1, 0.15) is 18.7 Å². The minimum atomic E-state index is -0.269. The minimum absolute atomic E-state index is 0.269. The summed E-state index contributed by atoms with van der Waals surface area (Å²) in [6, 6.07) is -0.269. The second kappa shape index (κ2) is 6.04. The molecule has 80 valence electrons. The number of urea groups is 1. The van der Waals surface area contributed by atoms with Crippen molar-refractivity contribution in [1.82, 2.24) is 10.3 Å². The average Bonchev–Trinajstić information content (AvgIpc) is 2.66. The fraction of sp³-hybridized carbons (Fsp3) is 0.400. The predicted molar refractivity (Wildman–Crippen MR) is 62.0 cm³/mol. The molecule has 0 fully saturated rings.